The molecule has 2 heterocycles. The number of hydrogen-bond donors (Lipinski definition) is 0. The van der Waals surface area contributed by atoms with Gasteiger partial charge < -0.3 is 4.74 Å². The van der Waals surface area contributed by atoms with Crippen molar-refractivity contribution in [1.82, 2.24) is 19.3 Å². The fourth-order valence-corrected chi connectivity index (χ4v) is 3.90. The molecule has 0 fully saturated rings. The number of hydrogen-bond acceptors (Lipinski definition) is 5. The Morgan fingerprint density at radius 2 is 1.65 bits per heavy atom. The third kappa shape index (κ3) is 5.36. The van der Waals surface area contributed by atoms with Crippen molar-refractivity contribution in [3.05, 3.63) is 94.2 Å². The van der Waals surface area contributed by atoms with Crippen molar-refractivity contribution in [3.8, 4) is 0 Å². The quantitative estimate of drug-likeness (QED) is 0.276. The van der Waals surface area contributed by atoms with Gasteiger partial charge in [0.1, 0.15) is 17.0 Å². The van der Waals surface area contributed by atoms with E-state index >= 15 is 0 Å². The molecule has 7 nitrogen and oxygen atoms in total. The summed E-state index contributed by atoms with van der Waals surface area (Å²) in [6, 6.07) is 12.4. The maximum atomic E-state index is 13.4. The van der Waals surface area contributed by atoms with Crippen LogP contribution in [0.15, 0.2) is 65.8 Å². The predicted molar refractivity (Wildman–Crippen MR) is 122 cm³/mol. The van der Waals surface area contributed by atoms with Gasteiger partial charge in [-0.1, -0.05) is 24.3 Å². The van der Waals surface area contributed by atoms with Crippen LogP contribution in [-0.4, -0.2) is 31.9 Å². The van der Waals surface area contributed by atoms with Crippen LogP contribution in [-0.2, 0) is 23.1 Å². The van der Waals surface area contributed by atoms with Crippen molar-refractivity contribution in [3.63, 3.8) is 0 Å². The number of esters is 1. The summed E-state index contributed by atoms with van der Waals surface area (Å²) in [5.41, 5.74) is 2.03. The van der Waals surface area contributed by atoms with Gasteiger partial charge in [0.2, 0.25) is 0 Å². The lowest BCUT2D eigenvalue weighted by Gasteiger charge is -2.18. The minimum atomic E-state index is -0.418. The number of nitrogens with zero attached hydrogens (tertiary/aromatic N) is 4. The molecule has 176 valence electrons. The zero-order chi connectivity index (χ0) is 24.1. The van der Waals surface area contributed by atoms with Crippen LogP contribution in [0.5, 0.6) is 0 Å². The van der Waals surface area contributed by atoms with Gasteiger partial charge in [-0.15, -0.1) is 0 Å². The Bertz CT molecular complexity index is 1290. The van der Waals surface area contributed by atoms with E-state index in [-0.39, 0.29) is 42.7 Å². The number of fused-ring (bicyclic) bond motifs is 1. The maximum Gasteiger partial charge on any atom is 0.307 e. The molecule has 0 N–H and O–H groups in total. The van der Waals surface area contributed by atoms with Crippen molar-refractivity contribution in [1.29, 1.82) is 0 Å². The third-order valence-electron chi connectivity index (χ3n) is 5.72. The number of carbonyl (C=O) groups excluding carboxylic acids is 1. The molecule has 0 radical (unpaired) electrons. The molecule has 0 spiro atoms. The van der Waals surface area contributed by atoms with E-state index in [1.807, 2.05) is 0 Å². The normalized spacial score (nSPS) is 11.3. The van der Waals surface area contributed by atoms with Gasteiger partial charge in [0.15, 0.2) is 5.65 Å². The van der Waals surface area contributed by atoms with Crippen molar-refractivity contribution < 1.29 is 18.3 Å². The molecular weight excluding hydrogens is 442 g/mol. The van der Waals surface area contributed by atoms with E-state index in [1.54, 1.807) is 31.3 Å². The Hall–Kier alpha value is -3.88. The summed E-state index contributed by atoms with van der Waals surface area (Å²) in [4.78, 5) is 28.9. The molecule has 0 atom stereocenters. The first kappa shape index (κ1) is 23.3. The summed E-state index contributed by atoms with van der Waals surface area (Å²) in [7, 11) is 1.70. The van der Waals surface area contributed by atoms with E-state index in [1.165, 1.54) is 46.0 Å². The van der Waals surface area contributed by atoms with E-state index in [0.29, 0.717) is 23.9 Å². The van der Waals surface area contributed by atoms with Crippen molar-refractivity contribution >= 4 is 17.0 Å². The first-order chi connectivity index (χ1) is 16.4. The summed E-state index contributed by atoms with van der Waals surface area (Å²) >= 11 is 0. The van der Waals surface area contributed by atoms with Crippen LogP contribution in [0, 0.1) is 11.6 Å². The number of aromatic nitrogens is 4. The Kier molecular flexibility index (Phi) is 7.10. The maximum absolute atomic E-state index is 13.4. The van der Waals surface area contributed by atoms with Gasteiger partial charge >= 0.3 is 5.97 Å². The van der Waals surface area contributed by atoms with Gasteiger partial charge in [-0.05, 0) is 48.2 Å². The highest BCUT2D eigenvalue weighted by atomic mass is 19.1. The van der Waals surface area contributed by atoms with Crippen LogP contribution in [0.25, 0.3) is 11.0 Å². The molecule has 34 heavy (non-hydrogen) atoms. The molecule has 0 saturated heterocycles. The number of rotatable bonds is 9. The first-order valence-electron chi connectivity index (χ1n) is 11.0. The van der Waals surface area contributed by atoms with Gasteiger partial charge in [0.25, 0.3) is 5.56 Å². The molecule has 0 aliphatic heterocycles. The standard InChI is InChI=1S/C25H24F2N4O3/c1-30-24-22(15-29-30)25(33)31(16-28-24)13-12-23(32)34-14-2-3-21(17-4-8-19(26)9-5-17)18-6-10-20(27)11-7-18/h4-11,15-16,21H,2-3,12-14H2,1H3. The summed E-state index contributed by atoms with van der Waals surface area (Å²) in [5.74, 6) is -1.16. The Balaban J connectivity index is 1.31. The van der Waals surface area contributed by atoms with Crippen LogP contribution in [0.1, 0.15) is 36.3 Å². The largest absolute Gasteiger partial charge is 0.466 e. The van der Waals surface area contributed by atoms with Crippen LogP contribution in [0.3, 0.4) is 0 Å². The van der Waals surface area contributed by atoms with Gasteiger partial charge in [0.05, 0.1) is 25.6 Å². The second kappa shape index (κ2) is 10.4. The lowest BCUT2D eigenvalue weighted by Crippen LogP contribution is -2.22. The van der Waals surface area contributed by atoms with Crippen molar-refractivity contribution in [2.45, 2.75) is 31.7 Å². The third-order valence-corrected chi connectivity index (χ3v) is 5.72. The number of carbonyl (C=O) groups is 1. The zero-order valence-electron chi connectivity index (χ0n) is 18.7. The topological polar surface area (TPSA) is 79.0 Å². The average molecular weight is 466 g/mol. The molecular formula is C25H24F2N4O3. The van der Waals surface area contributed by atoms with Crippen LogP contribution in [0.4, 0.5) is 8.78 Å². The number of benzene rings is 2. The molecule has 0 aliphatic carbocycles. The second-order valence-electron chi connectivity index (χ2n) is 8.02. The zero-order valence-corrected chi connectivity index (χ0v) is 18.7. The van der Waals surface area contributed by atoms with Gasteiger partial charge in [0, 0.05) is 19.5 Å². The molecule has 2 aromatic heterocycles. The van der Waals surface area contributed by atoms with E-state index in [9.17, 15) is 18.4 Å². The van der Waals surface area contributed by atoms with E-state index in [0.717, 1.165) is 11.1 Å². The fourth-order valence-electron chi connectivity index (χ4n) is 3.90. The Labute approximate surface area is 194 Å². The van der Waals surface area contributed by atoms with Crippen molar-refractivity contribution in [2.24, 2.45) is 7.05 Å². The molecule has 9 heteroatoms. The SMILES string of the molecule is Cn1ncc2c(=O)n(CCC(=O)OCCCC(c3ccc(F)cc3)c3ccc(F)cc3)cnc21. The Morgan fingerprint density at radius 3 is 2.26 bits per heavy atom. The average Bonchev–Trinajstić information content (AvgIpc) is 3.22. The van der Waals surface area contributed by atoms with E-state index in [2.05, 4.69) is 10.1 Å². The second-order valence-corrected chi connectivity index (χ2v) is 8.02. The van der Waals surface area contributed by atoms with Crippen LogP contribution < -0.4 is 5.56 Å². The molecule has 0 saturated carbocycles. The summed E-state index contributed by atoms with van der Waals surface area (Å²) < 4.78 is 34.9. The molecule has 4 rings (SSSR count). The summed E-state index contributed by atoms with van der Waals surface area (Å²) in [6.07, 6.45) is 4.08. The van der Waals surface area contributed by atoms with Gasteiger partial charge in [-0.2, -0.15) is 5.10 Å². The van der Waals surface area contributed by atoms with Crippen LogP contribution >= 0.6 is 0 Å². The van der Waals surface area contributed by atoms with Crippen LogP contribution in [0.2, 0.25) is 0 Å². The lowest BCUT2D eigenvalue weighted by atomic mass is 9.87. The minimum absolute atomic E-state index is 0.0344. The van der Waals surface area contributed by atoms with Gasteiger partial charge in [-0.3, -0.25) is 18.8 Å². The molecule has 0 unspecified atom stereocenters. The van der Waals surface area contributed by atoms with E-state index < -0.39 is 5.97 Å². The molecule has 4 aromatic rings. The number of halogens is 2. The minimum Gasteiger partial charge on any atom is -0.466 e. The number of ether oxygens (including phenoxy) is 1. The smallest absolute Gasteiger partial charge is 0.307 e. The first-order valence-corrected chi connectivity index (χ1v) is 11.0. The molecule has 0 bridgehead atoms. The van der Waals surface area contributed by atoms with E-state index in [4.69, 9.17) is 4.74 Å². The summed E-state index contributed by atoms with van der Waals surface area (Å²) in [6.45, 7) is 0.357. The van der Waals surface area contributed by atoms with Gasteiger partial charge in [-0.25, -0.2) is 13.8 Å². The monoisotopic (exact) mass is 466 g/mol. The highest BCUT2D eigenvalue weighted by molar-refractivity contribution is 5.73. The molecule has 0 amide bonds. The molecule has 0 aliphatic rings. The highest BCUT2D eigenvalue weighted by Gasteiger charge is 2.15. The highest BCUT2D eigenvalue weighted by Crippen LogP contribution is 2.29. The molecule has 2 aromatic carbocycles. The summed E-state index contributed by atoms with van der Waals surface area (Å²) in [5, 5.41) is 4.42. The fraction of sp³-hybridized carbons (Fsp3) is 0.280. The number of aryl methyl sites for hydroxylation is 2. The predicted octanol–water partition coefficient (Wildman–Crippen LogP) is 3.95. The Morgan fingerprint density at radius 1 is 1.03 bits per heavy atom. The lowest BCUT2D eigenvalue weighted by molar-refractivity contribution is -0.144. The van der Waals surface area contributed by atoms with Crippen molar-refractivity contribution in [2.75, 3.05) is 6.61 Å².